The van der Waals surface area contributed by atoms with Crippen molar-refractivity contribution in [2.75, 3.05) is 0 Å². The second-order valence-corrected chi connectivity index (χ2v) is 9.82. The Hall–Kier alpha value is -3.05. The predicted molar refractivity (Wildman–Crippen MR) is 106 cm³/mol. The fourth-order valence-corrected chi connectivity index (χ4v) is 5.31. The average Bonchev–Trinajstić information content (AvgIpc) is 3.49. The average molecular weight is 478 g/mol. The summed E-state index contributed by atoms with van der Waals surface area (Å²) in [4.78, 5) is 0. The maximum absolute atomic E-state index is 10.7. The number of fused-ring (bicyclic) bond motifs is 11. The van der Waals surface area contributed by atoms with Crippen molar-refractivity contribution in [3.05, 3.63) is 77.1 Å². The van der Waals surface area contributed by atoms with Gasteiger partial charge < -0.3 is 14.0 Å². The maximum atomic E-state index is 10.7. The summed E-state index contributed by atoms with van der Waals surface area (Å²) in [6.07, 6.45) is 4.60. The van der Waals surface area contributed by atoms with Crippen LogP contribution in [0.15, 0.2) is 54.9 Å². The molecule has 2 aliphatic carbocycles. The molecule has 33 heavy (non-hydrogen) atoms. The number of nitrogens with zero attached hydrogens (tertiary/aromatic N) is 2. The summed E-state index contributed by atoms with van der Waals surface area (Å²) < 4.78 is 76.2. The monoisotopic (exact) mass is 478 g/mol. The molecule has 0 saturated carbocycles. The van der Waals surface area contributed by atoms with Gasteiger partial charge in [0.15, 0.2) is 34.4 Å². The third-order valence-electron chi connectivity index (χ3n) is 6.60. The molecule has 0 saturated heterocycles. The Morgan fingerprint density at radius 2 is 1.52 bits per heavy atom. The first-order valence-corrected chi connectivity index (χ1v) is 11.7. The van der Waals surface area contributed by atoms with Crippen LogP contribution in [0, 0.1) is 0 Å². The Labute approximate surface area is 186 Å². The molecular formula is C22H17F3N2O5S. The molecule has 2 aliphatic heterocycles. The number of halogens is 3. The topological polar surface area (TPSA) is 84.5 Å². The number of hydrogen-bond donors (Lipinski definition) is 0. The number of hydrogen-bond acceptors (Lipinski definition) is 5. The van der Waals surface area contributed by atoms with Crippen molar-refractivity contribution >= 4 is 10.1 Å². The van der Waals surface area contributed by atoms with Crippen molar-refractivity contribution in [3.8, 4) is 11.8 Å². The van der Waals surface area contributed by atoms with Gasteiger partial charge in [-0.15, -0.1) is 0 Å². The van der Waals surface area contributed by atoms with Crippen LogP contribution in [-0.2, 0) is 23.0 Å². The first-order valence-electron chi connectivity index (χ1n) is 10.3. The number of aromatic nitrogens is 2. The molecule has 2 aromatic carbocycles. The molecule has 7 nitrogen and oxygen atoms in total. The highest BCUT2D eigenvalue weighted by atomic mass is 32.2. The Morgan fingerprint density at radius 3 is 2.18 bits per heavy atom. The van der Waals surface area contributed by atoms with E-state index >= 15 is 0 Å². The van der Waals surface area contributed by atoms with E-state index in [1.54, 1.807) is 0 Å². The largest absolute Gasteiger partial charge is 0.741 e. The summed E-state index contributed by atoms with van der Waals surface area (Å²) in [5, 5.41) is 0. The van der Waals surface area contributed by atoms with E-state index in [4.69, 9.17) is 22.4 Å². The first-order chi connectivity index (χ1) is 15.6. The van der Waals surface area contributed by atoms with Gasteiger partial charge in [-0.2, -0.15) is 22.3 Å². The molecule has 0 fully saturated rings. The van der Waals surface area contributed by atoms with Gasteiger partial charge >= 0.3 is 17.3 Å². The quantitative estimate of drug-likeness (QED) is 0.282. The van der Waals surface area contributed by atoms with Crippen LogP contribution in [0.1, 0.15) is 34.3 Å². The van der Waals surface area contributed by atoms with Crippen molar-refractivity contribution in [1.29, 1.82) is 0 Å². The van der Waals surface area contributed by atoms with Crippen molar-refractivity contribution < 1.29 is 40.2 Å². The van der Waals surface area contributed by atoms with Crippen molar-refractivity contribution in [2.45, 2.75) is 42.6 Å². The zero-order valence-electron chi connectivity index (χ0n) is 16.9. The summed E-state index contributed by atoms with van der Waals surface area (Å²) in [5.74, 6) is 1.83. The number of ether oxygens (including phenoxy) is 2. The van der Waals surface area contributed by atoms with Crippen LogP contribution in [-0.4, -0.2) is 35.3 Å². The molecule has 0 bridgehead atoms. The van der Waals surface area contributed by atoms with E-state index in [9.17, 15) is 13.2 Å². The lowest BCUT2D eigenvalue weighted by Crippen LogP contribution is -2.38. The van der Waals surface area contributed by atoms with Gasteiger partial charge in [-0.1, -0.05) is 48.5 Å². The minimum atomic E-state index is -6.09. The van der Waals surface area contributed by atoms with E-state index in [2.05, 4.69) is 64.0 Å². The number of imidazole rings is 1. The van der Waals surface area contributed by atoms with Crippen molar-refractivity contribution in [3.63, 3.8) is 0 Å². The van der Waals surface area contributed by atoms with Crippen LogP contribution in [0.2, 0.25) is 0 Å². The third-order valence-corrected chi connectivity index (χ3v) is 7.17. The highest BCUT2D eigenvalue weighted by Gasteiger charge is 2.55. The first kappa shape index (κ1) is 20.5. The molecule has 0 spiro atoms. The highest BCUT2D eigenvalue weighted by Crippen LogP contribution is 2.50. The molecule has 3 heterocycles. The van der Waals surface area contributed by atoms with Gasteiger partial charge in [-0.25, -0.2) is 8.42 Å². The van der Waals surface area contributed by atoms with Crippen molar-refractivity contribution in [1.82, 2.24) is 4.57 Å². The number of benzene rings is 2. The SMILES string of the molecule is O=S(=O)([O-])C(F)(F)F.c1ccc2c(c1)C[C@H]1Oc3c4[n+](cn3[C@@H]21)[C@H]1c2ccccc2C[C@H]1O4. The standard InChI is InChI=1S/C21H17N2O2.CHF3O3S/c1-3-7-14-12(5-1)9-16-18(14)22-11-23-19-15-8-4-2-6-13(15)10-17(19)25-21(23)20(22)24-16;2-1(3,4)8(5,6)7/h1-8,11,16-19H,9-10H2;(H,5,6,7)/q+1;/p-1/t16-,17-,18+,19+;/m1./s1. The molecule has 0 N–H and O–H groups in total. The van der Waals surface area contributed by atoms with Crippen LogP contribution in [0.25, 0.3) is 0 Å². The van der Waals surface area contributed by atoms with Crippen LogP contribution in [0.3, 0.4) is 0 Å². The molecule has 0 radical (unpaired) electrons. The van der Waals surface area contributed by atoms with Gasteiger partial charge in [0.25, 0.3) is 6.33 Å². The van der Waals surface area contributed by atoms with E-state index in [-0.39, 0.29) is 24.3 Å². The molecule has 0 amide bonds. The fraction of sp³-hybridized carbons (Fsp3) is 0.318. The van der Waals surface area contributed by atoms with E-state index in [0.29, 0.717) is 0 Å². The van der Waals surface area contributed by atoms with Gasteiger partial charge in [0.05, 0.1) is 0 Å². The summed E-state index contributed by atoms with van der Waals surface area (Å²) in [7, 11) is -6.09. The fourth-order valence-electron chi connectivity index (χ4n) is 5.31. The number of rotatable bonds is 0. The van der Waals surface area contributed by atoms with Gasteiger partial charge in [0.1, 0.15) is 0 Å². The van der Waals surface area contributed by atoms with Gasteiger partial charge in [-0.3, -0.25) is 0 Å². The molecule has 11 heteroatoms. The molecule has 7 rings (SSSR count). The molecule has 4 atom stereocenters. The Balaban J connectivity index is 0.000000226. The summed E-state index contributed by atoms with van der Waals surface area (Å²) in [6, 6.07) is 18.0. The molecule has 3 aromatic rings. The second kappa shape index (κ2) is 6.73. The zero-order valence-corrected chi connectivity index (χ0v) is 17.7. The lowest BCUT2D eigenvalue weighted by molar-refractivity contribution is -0.697. The molecule has 172 valence electrons. The van der Waals surface area contributed by atoms with E-state index < -0.39 is 15.6 Å². The molecule has 1 aromatic heterocycles. The second-order valence-electron chi connectivity index (χ2n) is 8.45. The Morgan fingerprint density at radius 1 is 0.939 bits per heavy atom. The predicted octanol–water partition coefficient (Wildman–Crippen LogP) is 2.64. The lowest BCUT2D eigenvalue weighted by atomic mass is 10.1. The lowest BCUT2D eigenvalue weighted by Gasteiger charge is -2.08. The smallest absolute Gasteiger partial charge is 0.485 e. The Bertz CT molecular complexity index is 1300. The third kappa shape index (κ3) is 2.98. The van der Waals surface area contributed by atoms with Crippen LogP contribution in [0.4, 0.5) is 13.2 Å². The van der Waals surface area contributed by atoms with Gasteiger partial charge in [0, 0.05) is 24.0 Å². The van der Waals surface area contributed by atoms with Gasteiger partial charge in [-0.05, 0) is 11.1 Å². The highest BCUT2D eigenvalue weighted by molar-refractivity contribution is 7.86. The van der Waals surface area contributed by atoms with E-state index in [1.165, 1.54) is 22.3 Å². The van der Waals surface area contributed by atoms with Crippen LogP contribution < -0.4 is 14.0 Å². The number of alkyl halides is 3. The van der Waals surface area contributed by atoms with E-state index in [1.807, 2.05) is 0 Å². The molecule has 0 unspecified atom stereocenters. The van der Waals surface area contributed by atoms with Gasteiger partial charge in [0.2, 0.25) is 0 Å². The summed E-state index contributed by atoms with van der Waals surface area (Å²) in [6.45, 7) is 0. The summed E-state index contributed by atoms with van der Waals surface area (Å²) >= 11 is 0. The zero-order chi connectivity index (χ0) is 23.1. The summed E-state index contributed by atoms with van der Waals surface area (Å²) in [5.41, 5.74) is -0.0423. The van der Waals surface area contributed by atoms with Crippen LogP contribution in [0.5, 0.6) is 11.8 Å². The minimum absolute atomic E-state index is 0.203. The Kier molecular flexibility index (Phi) is 4.19. The minimum Gasteiger partial charge on any atom is -0.741 e. The normalized spacial score (nSPS) is 25.5. The van der Waals surface area contributed by atoms with Crippen molar-refractivity contribution in [2.24, 2.45) is 0 Å². The van der Waals surface area contributed by atoms with Crippen LogP contribution >= 0.6 is 0 Å². The maximum Gasteiger partial charge on any atom is 0.485 e. The van der Waals surface area contributed by atoms with E-state index in [0.717, 1.165) is 24.6 Å². The molecule has 4 aliphatic rings. The molecular weight excluding hydrogens is 461 g/mol.